The van der Waals surface area contributed by atoms with Crippen molar-refractivity contribution >= 4 is 34.2 Å². The molecule has 29 heavy (non-hydrogen) atoms. The Kier molecular flexibility index (Phi) is 7.34. The largest absolute Gasteiger partial charge is 0.457 e. The Morgan fingerprint density at radius 1 is 1.10 bits per heavy atom. The molecular weight excluding hydrogens is 390 g/mol. The average Bonchev–Trinajstić information content (AvgIpc) is 3.01. The first kappa shape index (κ1) is 22.4. The lowest BCUT2D eigenvalue weighted by molar-refractivity contribution is -0.158. The minimum atomic E-state index is -0.705. The molecule has 154 valence electrons. The van der Waals surface area contributed by atoms with Gasteiger partial charge in [0.15, 0.2) is 6.61 Å². The molecule has 1 N–H and O–H groups in total. The van der Waals surface area contributed by atoms with Gasteiger partial charge in [0.25, 0.3) is 0 Å². The highest BCUT2D eigenvalue weighted by molar-refractivity contribution is 7.15. The lowest BCUT2D eigenvalue weighted by atomic mass is 10.0. The van der Waals surface area contributed by atoms with Gasteiger partial charge in [0.1, 0.15) is 16.2 Å². The molecule has 0 atom stereocenters. The number of benzene rings is 1. The van der Waals surface area contributed by atoms with Crippen molar-refractivity contribution in [3.8, 4) is 11.1 Å². The van der Waals surface area contributed by atoms with Gasteiger partial charge in [0.2, 0.25) is 5.91 Å². The van der Waals surface area contributed by atoms with Gasteiger partial charge in [-0.1, -0.05) is 35.9 Å². The van der Waals surface area contributed by atoms with Crippen LogP contribution in [-0.2, 0) is 19.1 Å². The van der Waals surface area contributed by atoms with E-state index in [2.05, 4.69) is 5.32 Å². The first-order chi connectivity index (χ1) is 13.6. The summed E-state index contributed by atoms with van der Waals surface area (Å²) < 4.78 is 10.4. The van der Waals surface area contributed by atoms with Gasteiger partial charge in [0, 0.05) is 17.0 Å². The summed E-state index contributed by atoms with van der Waals surface area (Å²) in [5.41, 5.74) is 1.79. The van der Waals surface area contributed by atoms with Crippen molar-refractivity contribution in [2.75, 3.05) is 11.9 Å². The Labute approximate surface area is 174 Å². The number of hydrogen-bond acceptors (Lipinski definition) is 6. The Morgan fingerprint density at radius 3 is 2.34 bits per heavy atom. The highest BCUT2D eigenvalue weighted by atomic mass is 32.1. The van der Waals surface area contributed by atoms with Gasteiger partial charge >= 0.3 is 11.9 Å². The summed E-state index contributed by atoms with van der Waals surface area (Å²) in [6.07, 6.45) is 1.44. The van der Waals surface area contributed by atoms with E-state index in [1.54, 1.807) is 40.0 Å². The molecule has 1 heterocycles. The molecule has 1 aromatic carbocycles. The second kappa shape index (κ2) is 9.52. The maximum absolute atomic E-state index is 12.8. The first-order valence-corrected chi connectivity index (χ1v) is 9.96. The molecule has 2 aromatic rings. The number of esters is 2. The number of rotatable bonds is 6. The molecule has 0 spiro atoms. The van der Waals surface area contributed by atoms with Crippen molar-refractivity contribution in [1.82, 2.24) is 0 Å². The van der Waals surface area contributed by atoms with E-state index in [1.165, 1.54) is 17.4 Å². The number of carbonyl (C=O) groups is 3. The van der Waals surface area contributed by atoms with E-state index >= 15 is 0 Å². The molecule has 0 saturated heterocycles. The van der Waals surface area contributed by atoms with E-state index in [0.717, 1.165) is 11.1 Å². The topological polar surface area (TPSA) is 81.7 Å². The summed E-state index contributed by atoms with van der Waals surface area (Å²) >= 11 is 1.22. The molecule has 1 aromatic heterocycles. The molecule has 0 fully saturated rings. The Hall–Kier alpha value is -2.93. The van der Waals surface area contributed by atoms with E-state index in [4.69, 9.17) is 9.47 Å². The third-order valence-electron chi connectivity index (χ3n) is 3.48. The van der Waals surface area contributed by atoms with Crippen LogP contribution in [0.1, 0.15) is 45.0 Å². The zero-order valence-electron chi connectivity index (χ0n) is 17.2. The summed E-state index contributed by atoms with van der Waals surface area (Å²) in [6, 6.07) is 9.28. The van der Waals surface area contributed by atoms with Crippen LogP contribution in [0.25, 0.3) is 11.1 Å². The minimum absolute atomic E-state index is 0.209. The highest BCUT2D eigenvalue weighted by Gasteiger charge is 2.24. The third-order valence-corrected chi connectivity index (χ3v) is 4.37. The van der Waals surface area contributed by atoms with Gasteiger partial charge < -0.3 is 14.8 Å². The molecule has 6 nitrogen and oxygen atoms in total. The maximum atomic E-state index is 12.8. The highest BCUT2D eigenvalue weighted by Crippen LogP contribution is 2.36. The van der Waals surface area contributed by atoms with E-state index in [9.17, 15) is 14.4 Å². The quantitative estimate of drug-likeness (QED) is 0.540. The summed E-state index contributed by atoms with van der Waals surface area (Å²) in [5.74, 6) is -1.69. The zero-order valence-corrected chi connectivity index (χ0v) is 18.0. The fraction of sp³-hybridized carbons (Fsp3) is 0.318. The van der Waals surface area contributed by atoms with Gasteiger partial charge in [-0.05, 0) is 40.2 Å². The van der Waals surface area contributed by atoms with Gasteiger partial charge in [-0.15, -0.1) is 11.3 Å². The maximum Gasteiger partial charge on any atom is 0.344 e. The molecule has 0 aliphatic carbocycles. The summed E-state index contributed by atoms with van der Waals surface area (Å²) in [4.78, 5) is 36.9. The predicted octanol–water partition coefficient (Wildman–Crippen LogP) is 4.82. The lowest BCUT2D eigenvalue weighted by Crippen LogP contribution is -2.27. The van der Waals surface area contributed by atoms with Crippen molar-refractivity contribution in [3.63, 3.8) is 0 Å². The molecule has 0 radical (unpaired) electrons. The Bertz CT molecular complexity index is 918. The van der Waals surface area contributed by atoms with Crippen LogP contribution in [-0.4, -0.2) is 30.1 Å². The SMILES string of the molecule is CC(C)=CC(=O)Nc1scc(-c2ccccc2)c1C(=O)OCC(=O)OC(C)(C)C. The van der Waals surface area contributed by atoms with Crippen LogP contribution >= 0.6 is 11.3 Å². The first-order valence-electron chi connectivity index (χ1n) is 9.08. The summed E-state index contributed by atoms with van der Waals surface area (Å²) in [6.45, 7) is 8.29. The van der Waals surface area contributed by atoms with Crippen LogP contribution in [0.15, 0.2) is 47.4 Å². The molecule has 2 rings (SSSR count). The normalized spacial score (nSPS) is 10.8. The van der Waals surface area contributed by atoms with Crippen molar-refractivity contribution < 1.29 is 23.9 Å². The number of thiophene rings is 1. The number of amides is 1. The lowest BCUT2D eigenvalue weighted by Gasteiger charge is -2.19. The van der Waals surface area contributed by atoms with Gasteiger partial charge in [-0.2, -0.15) is 0 Å². The summed E-state index contributed by atoms with van der Waals surface area (Å²) in [7, 11) is 0. The van der Waals surface area contributed by atoms with E-state index < -0.39 is 24.1 Å². The standard InChI is InChI=1S/C22H25NO5S/c1-14(2)11-17(24)23-20-19(16(13-29-20)15-9-7-6-8-10-15)21(26)27-12-18(25)28-22(3,4)5/h6-11,13H,12H2,1-5H3,(H,23,24). The molecule has 1 amide bonds. The van der Waals surface area contributed by atoms with Crippen LogP contribution in [0, 0.1) is 0 Å². The molecule has 0 aliphatic rings. The summed E-state index contributed by atoms with van der Waals surface area (Å²) in [5, 5.41) is 4.86. The van der Waals surface area contributed by atoms with Crippen LogP contribution in [0.5, 0.6) is 0 Å². The fourth-order valence-electron chi connectivity index (χ4n) is 2.46. The number of hydrogen-bond donors (Lipinski definition) is 1. The molecule has 0 bridgehead atoms. The Balaban J connectivity index is 2.29. The molecule has 0 saturated carbocycles. The van der Waals surface area contributed by atoms with Crippen LogP contribution in [0.2, 0.25) is 0 Å². The number of anilines is 1. The van der Waals surface area contributed by atoms with E-state index in [1.807, 2.05) is 30.3 Å². The van der Waals surface area contributed by atoms with Gasteiger partial charge in [0.05, 0.1) is 0 Å². The van der Waals surface area contributed by atoms with E-state index in [0.29, 0.717) is 10.6 Å². The molecule has 0 unspecified atom stereocenters. The van der Waals surface area contributed by atoms with Crippen LogP contribution in [0.3, 0.4) is 0 Å². The van der Waals surface area contributed by atoms with Crippen molar-refractivity contribution in [3.05, 3.63) is 52.9 Å². The van der Waals surface area contributed by atoms with Crippen LogP contribution in [0.4, 0.5) is 5.00 Å². The minimum Gasteiger partial charge on any atom is -0.457 e. The monoisotopic (exact) mass is 415 g/mol. The number of nitrogens with one attached hydrogen (secondary N) is 1. The number of carbonyl (C=O) groups excluding carboxylic acids is 3. The van der Waals surface area contributed by atoms with Crippen molar-refractivity contribution in [2.45, 2.75) is 40.2 Å². The second-order valence-electron chi connectivity index (χ2n) is 7.59. The average molecular weight is 416 g/mol. The fourth-order valence-corrected chi connectivity index (χ4v) is 3.42. The zero-order chi connectivity index (χ0) is 21.6. The molecular formula is C22H25NO5S. The third kappa shape index (κ3) is 6.87. The Morgan fingerprint density at radius 2 is 1.76 bits per heavy atom. The van der Waals surface area contributed by atoms with Crippen LogP contribution < -0.4 is 5.32 Å². The van der Waals surface area contributed by atoms with Crippen molar-refractivity contribution in [2.24, 2.45) is 0 Å². The second-order valence-corrected chi connectivity index (χ2v) is 8.47. The number of ether oxygens (including phenoxy) is 2. The number of allylic oxidation sites excluding steroid dienone is 1. The molecule has 7 heteroatoms. The van der Waals surface area contributed by atoms with Gasteiger partial charge in [-0.25, -0.2) is 9.59 Å². The van der Waals surface area contributed by atoms with E-state index in [-0.39, 0.29) is 11.5 Å². The van der Waals surface area contributed by atoms with Crippen molar-refractivity contribution in [1.29, 1.82) is 0 Å². The van der Waals surface area contributed by atoms with Gasteiger partial charge in [-0.3, -0.25) is 4.79 Å². The molecule has 0 aliphatic heterocycles. The smallest absolute Gasteiger partial charge is 0.344 e. The predicted molar refractivity (Wildman–Crippen MR) is 114 cm³/mol.